The van der Waals surface area contributed by atoms with Gasteiger partial charge in [0.1, 0.15) is 0 Å². The molecule has 0 spiro atoms. The molecule has 0 aliphatic rings. The number of esters is 2. The van der Waals surface area contributed by atoms with Gasteiger partial charge < -0.3 is 9.47 Å². The summed E-state index contributed by atoms with van der Waals surface area (Å²) in [5.41, 5.74) is 0.375. The van der Waals surface area contributed by atoms with Gasteiger partial charge in [0.15, 0.2) is 0 Å². The van der Waals surface area contributed by atoms with Crippen molar-refractivity contribution in [3.8, 4) is 0 Å². The zero-order chi connectivity index (χ0) is 17.5. The Morgan fingerprint density at radius 2 is 1.65 bits per heavy atom. The number of nitro groups is 1. The normalized spacial score (nSPS) is 12.3. The van der Waals surface area contributed by atoms with Crippen LogP contribution in [0.3, 0.4) is 0 Å². The monoisotopic (exact) mass is 343 g/mol. The lowest BCUT2D eigenvalue weighted by Crippen LogP contribution is -2.50. The van der Waals surface area contributed by atoms with Crippen molar-refractivity contribution in [2.45, 2.75) is 24.6 Å². The second-order valence-electron chi connectivity index (χ2n) is 4.63. The highest BCUT2D eigenvalue weighted by molar-refractivity contribution is 6.45. The Labute approximate surface area is 138 Å². The van der Waals surface area contributed by atoms with E-state index in [0.29, 0.717) is 5.56 Å². The number of benzene rings is 1. The molecule has 0 aromatic heterocycles. The van der Waals surface area contributed by atoms with Crippen LogP contribution in [0.2, 0.25) is 0 Å². The van der Waals surface area contributed by atoms with E-state index < -0.39 is 34.2 Å². The highest BCUT2D eigenvalue weighted by Crippen LogP contribution is 2.37. The van der Waals surface area contributed by atoms with E-state index in [2.05, 4.69) is 0 Å². The molecule has 1 aromatic rings. The summed E-state index contributed by atoms with van der Waals surface area (Å²) in [5.74, 6) is -3.34. The summed E-state index contributed by atoms with van der Waals surface area (Å²) in [6, 6.07) is 8.09. The van der Waals surface area contributed by atoms with Crippen LogP contribution in [0.1, 0.15) is 25.3 Å². The minimum atomic E-state index is -2.32. The first-order chi connectivity index (χ1) is 10.9. The lowest BCUT2D eigenvalue weighted by molar-refractivity contribution is -0.483. The fourth-order valence-electron chi connectivity index (χ4n) is 2.14. The van der Waals surface area contributed by atoms with Crippen molar-refractivity contribution in [3.63, 3.8) is 0 Å². The zero-order valence-corrected chi connectivity index (χ0v) is 13.6. The molecule has 8 heteroatoms. The average Bonchev–Trinajstić information content (AvgIpc) is 2.53. The molecule has 0 amide bonds. The van der Waals surface area contributed by atoms with Gasteiger partial charge in [0.25, 0.3) is 4.87 Å². The van der Waals surface area contributed by atoms with E-state index in [-0.39, 0.29) is 13.2 Å². The molecule has 0 heterocycles. The van der Waals surface area contributed by atoms with Crippen molar-refractivity contribution in [2.24, 2.45) is 0 Å². The molecule has 1 atom stereocenters. The molecular weight excluding hydrogens is 326 g/mol. The lowest BCUT2D eigenvalue weighted by Gasteiger charge is -2.29. The minimum Gasteiger partial charge on any atom is -0.464 e. The van der Waals surface area contributed by atoms with Crippen LogP contribution in [0, 0.1) is 10.1 Å². The van der Waals surface area contributed by atoms with E-state index in [4.69, 9.17) is 21.1 Å². The standard InChI is InChI=1S/C15H18ClNO6/c1-3-22-13(18)15(16,14(19)23-4-2)12(10-17(20)21)11-8-6-5-7-9-11/h5-9,12H,3-4,10H2,1-2H3/t12-/m1/s1. The molecular formula is C15H18ClNO6. The van der Waals surface area contributed by atoms with E-state index in [0.717, 1.165) is 0 Å². The number of hydrogen-bond donors (Lipinski definition) is 0. The number of rotatable bonds is 8. The molecule has 0 saturated carbocycles. The SMILES string of the molecule is CCOC(=O)C(Cl)(C(=O)OCC)[C@H](C[N+](=O)[O-])c1ccccc1. The van der Waals surface area contributed by atoms with Crippen LogP contribution in [-0.2, 0) is 19.1 Å². The molecule has 0 aliphatic carbocycles. The Morgan fingerprint density at radius 1 is 1.17 bits per heavy atom. The number of nitrogens with zero attached hydrogens (tertiary/aromatic N) is 1. The van der Waals surface area contributed by atoms with Gasteiger partial charge in [0.05, 0.1) is 19.1 Å². The van der Waals surface area contributed by atoms with E-state index >= 15 is 0 Å². The topological polar surface area (TPSA) is 95.7 Å². The Bertz CT molecular complexity index is 544. The van der Waals surface area contributed by atoms with E-state index in [1.807, 2.05) is 0 Å². The summed E-state index contributed by atoms with van der Waals surface area (Å²) in [6.45, 7) is 2.33. The van der Waals surface area contributed by atoms with Crippen molar-refractivity contribution < 1.29 is 24.0 Å². The van der Waals surface area contributed by atoms with Crippen molar-refractivity contribution >= 4 is 23.5 Å². The van der Waals surface area contributed by atoms with Gasteiger partial charge in [0.2, 0.25) is 6.54 Å². The fourth-order valence-corrected chi connectivity index (χ4v) is 2.44. The summed E-state index contributed by atoms with van der Waals surface area (Å²) in [6.07, 6.45) is 0. The number of carbonyl (C=O) groups is 2. The quantitative estimate of drug-likeness (QED) is 0.236. The predicted octanol–water partition coefficient (Wildman–Crippen LogP) is 2.15. The van der Waals surface area contributed by atoms with Gasteiger partial charge in [-0.05, 0) is 19.4 Å². The van der Waals surface area contributed by atoms with Crippen LogP contribution in [0.4, 0.5) is 0 Å². The van der Waals surface area contributed by atoms with Crippen LogP contribution < -0.4 is 0 Å². The van der Waals surface area contributed by atoms with Crippen LogP contribution in [-0.4, -0.2) is 41.5 Å². The molecule has 126 valence electrons. The zero-order valence-electron chi connectivity index (χ0n) is 12.9. The maximum atomic E-state index is 12.3. The van der Waals surface area contributed by atoms with Gasteiger partial charge >= 0.3 is 11.9 Å². The molecule has 0 fully saturated rings. The van der Waals surface area contributed by atoms with Crippen molar-refractivity contribution in [1.29, 1.82) is 0 Å². The Hall–Kier alpha value is -2.15. The fraction of sp³-hybridized carbons (Fsp3) is 0.467. The van der Waals surface area contributed by atoms with E-state index in [9.17, 15) is 19.7 Å². The minimum absolute atomic E-state index is 0.0211. The Balaban J connectivity index is 3.39. The first-order valence-corrected chi connectivity index (χ1v) is 7.45. The molecule has 1 rings (SSSR count). The Morgan fingerprint density at radius 3 is 2.04 bits per heavy atom. The molecule has 0 unspecified atom stereocenters. The van der Waals surface area contributed by atoms with Crippen molar-refractivity contribution in [3.05, 3.63) is 46.0 Å². The number of hydrogen-bond acceptors (Lipinski definition) is 6. The van der Waals surface area contributed by atoms with Gasteiger partial charge in [0, 0.05) is 4.92 Å². The number of alkyl halides is 1. The van der Waals surface area contributed by atoms with Gasteiger partial charge in [-0.1, -0.05) is 41.9 Å². The summed E-state index contributed by atoms with van der Waals surface area (Å²) >= 11 is 6.29. The first kappa shape index (κ1) is 18.9. The van der Waals surface area contributed by atoms with Crippen molar-refractivity contribution in [2.75, 3.05) is 19.8 Å². The molecule has 0 aliphatic heterocycles. The predicted molar refractivity (Wildman–Crippen MR) is 82.9 cm³/mol. The Kier molecular flexibility index (Phi) is 6.96. The molecule has 7 nitrogen and oxygen atoms in total. The second kappa shape index (κ2) is 8.47. The van der Waals surface area contributed by atoms with Crippen LogP contribution in [0.5, 0.6) is 0 Å². The number of halogens is 1. The van der Waals surface area contributed by atoms with Crippen molar-refractivity contribution in [1.82, 2.24) is 0 Å². The number of ether oxygens (including phenoxy) is 2. The van der Waals surface area contributed by atoms with Gasteiger partial charge in [-0.15, -0.1) is 0 Å². The summed E-state index contributed by atoms with van der Waals surface area (Å²) in [5, 5.41) is 11.0. The summed E-state index contributed by atoms with van der Waals surface area (Å²) < 4.78 is 9.73. The molecule has 1 aromatic carbocycles. The highest BCUT2D eigenvalue weighted by atomic mass is 35.5. The lowest BCUT2D eigenvalue weighted by atomic mass is 9.85. The molecule has 0 N–H and O–H groups in total. The number of carbonyl (C=O) groups excluding carboxylic acids is 2. The second-order valence-corrected chi connectivity index (χ2v) is 5.23. The smallest absolute Gasteiger partial charge is 0.339 e. The largest absolute Gasteiger partial charge is 0.464 e. The van der Waals surface area contributed by atoms with Gasteiger partial charge in [-0.2, -0.15) is 0 Å². The van der Waals surface area contributed by atoms with E-state index in [1.165, 1.54) is 0 Å². The summed E-state index contributed by atoms with van der Waals surface area (Å²) in [7, 11) is 0. The third kappa shape index (κ3) is 4.41. The molecule has 23 heavy (non-hydrogen) atoms. The first-order valence-electron chi connectivity index (χ1n) is 7.07. The van der Waals surface area contributed by atoms with Gasteiger partial charge in [-0.3, -0.25) is 10.1 Å². The summed E-state index contributed by atoms with van der Waals surface area (Å²) in [4.78, 5) is 32.7. The van der Waals surface area contributed by atoms with Gasteiger partial charge in [-0.25, -0.2) is 9.59 Å². The van der Waals surface area contributed by atoms with Crippen LogP contribution >= 0.6 is 11.6 Å². The van der Waals surface area contributed by atoms with E-state index in [1.54, 1.807) is 44.2 Å². The van der Waals surface area contributed by atoms with Crippen LogP contribution in [0.25, 0.3) is 0 Å². The average molecular weight is 344 g/mol. The molecule has 0 bridgehead atoms. The maximum Gasteiger partial charge on any atom is 0.339 e. The maximum absolute atomic E-state index is 12.3. The third-order valence-electron chi connectivity index (χ3n) is 3.16. The van der Waals surface area contributed by atoms with Crippen LogP contribution in [0.15, 0.2) is 30.3 Å². The molecule has 0 saturated heterocycles. The highest BCUT2D eigenvalue weighted by Gasteiger charge is 2.56. The molecule has 0 radical (unpaired) electrons. The third-order valence-corrected chi connectivity index (χ3v) is 3.73.